The van der Waals surface area contributed by atoms with Gasteiger partial charge in [0, 0.05) is 37.7 Å². The Bertz CT molecular complexity index is 1040. The van der Waals surface area contributed by atoms with Gasteiger partial charge in [-0.2, -0.15) is 13.2 Å². The van der Waals surface area contributed by atoms with Gasteiger partial charge in [-0.3, -0.25) is 9.59 Å². The minimum absolute atomic E-state index is 0.0976. The van der Waals surface area contributed by atoms with E-state index in [0.29, 0.717) is 56.9 Å². The fourth-order valence-corrected chi connectivity index (χ4v) is 4.43. The third-order valence-corrected chi connectivity index (χ3v) is 6.27. The van der Waals surface area contributed by atoms with Gasteiger partial charge in [-0.1, -0.05) is 18.7 Å². The zero-order chi connectivity index (χ0) is 23.6. The highest BCUT2D eigenvalue weighted by atomic mass is 19.4. The minimum atomic E-state index is -4.39. The van der Waals surface area contributed by atoms with Crippen molar-refractivity contribution >= 4 is 11.8 Å². The molecule has 2 aromatic carbocycles. The van der Waals surface area contributed by atoms with Crippen LogP contribution in [0.25, 0.3) is 0 Å². The molecule has 0 aromatic heterocycles. The van der Waals surface area contributed by atoms with Crippen LogP contribution in [-0.4, -0.2) is 41.2 Å². The van der Waals surface area contributed by atoms with E-state index < -0.39 is 11.7 Å². The molecule has 4 rings (SSSR count). The first kappa shape index (κ1) is 22.9. The van der Waals surface area contributed by atoms with Gasteiger partial charge in [0.2, 0.25) is 11.8 Å². The molecule has 0 radical (unpaired) electrons. The molecule has 2 aliphatic heterocycles. The van der Waals surface area contributed by atoms with Crippen LogP contribution in [0.2, 0.25) is 0 Å². The Morgan fingerprint density at radius 2 is 1.70 bits per heavy atom. The van der Waals surface area contributed by atoms with Crippen molar-refractivity contribution in [1.29, 1.82) is 0 Å². The Morgan fingerprint density at radius 1 is 1.00 bits per heavy atom. The lowest BCUT2D eigenvalue weighted by Crippen LogP contribution is -2.45. The average molecular weight is 458 g/mol. The summed E-state index contributed by atoms with van der Waals surface area (Å²) in [6.45, 7) is 5.62. The molecule has 0 spiro atoms. The molecule has 1 fully saturated rings. The predicted octanol–water partition coefficient (Wildman–Crippen LogP) is 4.81. The number of fused-ring (bicyclic) bond motifs is 1. The predicted molar refractivity (Wildman–Crippen MR) is 117 cm³/mol. The number of hydrogen-bond donors (Lipinski definition) is 0. The summed E-state index contributed by atoms with van der Waals surface area (Å²) in [5, 5.41) is 0. The van der Waals surface area contributed by atoms with Crippen LogP contribution in [0.3, 0.4) is 0 Å². The van der Waals surface area contributed by atoms with Gasteiger partial charge in [-0.05, 0) is 61.2 Å². The first-order valence-electron chi connectivity index (χ1n) is 10.9. The summed E-state index contributed by atoms with van der Waals surface area (Å²) >= 11 is 0. The number of likely N-dealkylation sites (tertiary alicyclic amines) is 1. The SMILES string of the molecule is C=CC(=O)N1CCC(C(=O)N2CCc3c(cccc3Oc3ccc(C(F)(F)F)cc3)C2)CC1. The number of carbonyl (C=O) groups is 2. The van der Waals surface area contributed by atoms with E-state index in [0.717, 1.165) is 23.3 Å². The van der Waals surface area contributed by atoms with Crippen LogP contribution in [0.15, 0.2) is 55.1 Å². The van der Waals surface area contributed by atoms with Gasteiger partial charge in [-0.25, -0.2) is 0 Å². The second-order valence-corrected chi connectivity index (χ2v) is 8.33. The zero-order valence-corrected chi connectivity index (χ0v) is 18.1. The van der Waals surface area contributed by atoms with Crippen LogP contribution in [0.1, 0.15) is 29.5 Å². The standard InChI is InChI=1S/C25H25F3N2O3/c1-2-23(31)29-13-10-17(11-14-29)24(32)30-15-12-21-18(16-30)4-3-5-22(21)33-20-8-6-19(7-9-20)25(26,27)28/h2-9,17H,1,10-16H2. The highest BCUT2D eigenvalue weighted by Crippen LogP contribution is 2.35. The van der Waals surface area contributed by atoms with E-state index in [2.05, 4.69) is 6.58 Å². The number of alkyl halides is 3. The highest BCUT2D eigenvalue weighted by molar-refractivity contribution is 5.87. The van der Waals surface area contributed by atoms with Gasteiger partial charge < -0.3 is 14.5 Å². The number of nitrogens with zero attached hydrogens (tertiary/aromatic N) is 2. The van der Waals surface area contributed by atoms with E-state index in [9.17, 15) is 22.8 Å². The van der Waals surface area contributed by atoms with Crippen LogP contribution in [-0.2, 0) is 28.7 Å². The number of carbonyl (C=O) groups excluding carboxylic acids is 2. The zero-order valence-electron chi connectivity index (χ0n) is 18.1. The van der Waals surface area contributed by atoms with Crippen LogP contribution >= 0.6 is 0 Å². The van der Waals surface area contributed by atoms with Gasteiger partial charge >= 0.3 is 6.18 Å². The summed E-state index contributed by atoms with van der Waals surface area (Å²) in [5.74, 6) is 0.812. The molecular formula is C25H25F3N2O3. The molecule has 2 aliphatic rings. The maximum absolute atomic E-state index is 13.1. The summed E-state index contributed by atoms with van der Waals surface area (Å²) in [4.78, 5) is 28.4. The van der Waals surface area contributed by atoms with E-state index in [4.69, 9.17) is 4.74 Å². The van der Waals surface area contributed by atoms with Gasteiger partial charge in [0.1, 0.15) is 11.5 Å². The molecule has 33 heavy (non-hydrogen) atoms. The molecule has 1 saturated heterocycles. The summed E-state index contributed by atoms with van der Waals surface area (Å²) in [5.41, 5.74) is 1.21. The number of hydrogen-bond acceptors (Lipinski definition) is 3. The van der Waals surface area contributed by atoms with Crippen molar-refractivity contribution in [2.75, 3.05) is 19.6 Å². The van der Waals surface area contributed by atoms with Crippen molar-refractivity contribution in [3.05, 3.63) is 71.8 Å². The Morgan fingerprint density at radius 3 is 2.33 bits per heavy atom. The fraction of sp³-hybridized carbons (Fsp3) is 0.360. The number of amides is 2. The maximum Gasteiger partial charge on any atom is 0.416 e. The molecule has 2 aromatic rings. The molecule has 0 atom stereocenters. The minimum Gasteiger partial charge on any atom is -0.457 e. The third-order valence-electron chi connectivity index (χ3n) is 6.27. The lowest BCUT2D eigenvalue weighted by atomic mass is 9.92. The number of benzene rings is 2. The van der Waals surface area contributed by atoms with Crippen molar-refractivity contribution in [1.82, 2.24) is 9.80 Å². The Kier molecular flexibility index (Phi) is 6.44. The van der Waals surface area contributed by atoms with Crippen molar-refractivity contribution in [2.45, 2.75) is 32.0 Å². The second kappa shape index (κ2) is 9.29. The van der Waals surface area contributed by atoms with E-state index in [-0.39, 0.29) is 17.7 Å². The summed E-state index contributed by atoms with van der Waals surface area (Å²) in [6.07, 6.45) is -1.21. The van der Waals surface area contributed by atoms with E-state index in [1.165, 1.54) is 18.2 Å². The average Bonchev–Trinajstić information content (AvgIpc) is 2.83. The molecule has 0 bridgehead atoms. The molecular weight excluding hydrogens is 433 g/mol. The first-order valence-corrected chi connectivity index (χ1v) is 10.9. The largest absolute Gasteiger partial charge is 0.457 e. The highest BCUT2D eigenvalue weighted by Gasteiger charge is 2.32. The summed E-state index contributed by atoms with van der Waals surface area (Å²) in [6, 6.07) is 10.2. The van der Waals surface area contributed by atoms with E-state index in [1.54, 1.807) is 11.0 Å². The lowest BCUT2D eigenvalue weighted by molar-refractivity contribution is -0.140. The molecule has 0 unspecified atom stereocenters. The van der Waals surface area contributed by atoms with Crippen molar-refractivity contribution in [2.24, 2.45) is 5.92 Å². The topological polar surface area (TPSA) is 49.9 Å². The molecule has 5 nitrogen and oxygen atoms in total. The Hall–Kier alpha value is -3.29. The third kappa shape index (κ3) is 5.05. The first-order chi connectivity index (χ1) is 15.8. The molecule has 8 heteroatoms. The van der Waals surface area contributed by atoms with Crippen LogP contribution < -0.4 is 4.74 Å². The molecule has 0 N–H and O–H groups in total. The van der Waals surface area contributed by atoms with Crippen LogP contribution in [0.4, 0.5) is 13.2 Å². The van der Waals surface area contributed by atoms with Gasteiger partial charge in [0.05, 0.1) is 5.56 Å². The Labute approximate surface area is 190 Å². The van der Waals surface area contributed by atoms with Gasteiger partial charge in [0.15, 0.2) is 0 Å². The smallest absolute Gasteiger partial charge is 0.416 e. The summed E-state index contributed by atoms with van der Waals surface area (Å²) in [7, 11) is 0. The van der Waals surface area contributed by atoms with Gasteiger partial charge in [-0.15, -0.1) is 0 Å². The molecule has 2 amide bonds. The Balaban J connectivity index is 1.41. The number of ether oxygens (including phenoxy) is 1. The summed E-state index contributed by atoms with van der Waals surface area (Å²) < 4.78 is 44.2. The quantitative estimate of drug-likeness (QED) is 0.618. The van der Waals surface area contributed by atoms with E-state index >= 15 is 0 Å². The van der Waals surface area contributed by atoms with Crippen LogP contribution in [0, 0.1) is 5.92 Å². The fourth-order valence-electron chi connectivity index (χ4n) is 4.43. The van der Waals surface area contributed by atoms with Crippen molar-refractivity contribution in [3.63, 3.8) is 0 Å². The van der Waals surface area contributed by atoms with Gasteiger partial charge in [0.25, 0.3) is 0 Å². The lowest BCUT2D eigenvalue weighted by Gasteiger charge is -2.36. The van der Waals surface area contributed by atoms with Crippen LogP contribution in [0.5, 0.6) is 11.5 Å². The molecule has 0 saturated carbocycles. The molecule has 2 heterocycles. The van der Waals surface area contributed by atoms with Crippen molar-refractivity contribution < 1.29 is 27.5 Å². The number of piperidine rings is 1. The number of halogens is 3. The van der Waals surface area contributed by atoms with E-state index in [1.807, 2.05) is 17.0 Å². The normalized spacial score (nSPS) is 16.8. The second-order valence-electron chi connectivity index (χ2n) is 8.33. The maximum atomic E-state index is 13.1. The van der Waals surface area contributed by atoms with Crippen molar-refractivity contribution in [3.8, 4) is 11.5 Å². The monoisotopic (exact) mass is 458 g/mol. The molecule has 0 aliphatic carbocycles. The molecule has 174 valence electrons. The number of rotatable bonds is 4.